The fourth-order valence-corrected chi connectivity index (χ4v) is 2.57. The molecule has 1 aromatic heterocycles. The zero-order chi connectivity index (χ0) is 12.5. The van der Waals surface area contributed by atoms with Crippen LogP contribution in [0.1, 0.15) is 38.4 Å². The van der Waals surface area contributed by atoms with Crippen molar-refractivity contribution in [3.8, 4) is 0 Å². The average Bonchev–Trinajstić information content (AvgIpc) is 3.06. The molecule has 1 saturated carbocycles. The Labute approximate surface area is 103 Å². The van der Waals surface area contributed by atoms with Crippen LogP contribution in [0.2, 0.25) is 0 Å². The van der Waals surface area contributed by atoms with Gasteiger partial charge in [0.2, 0.25) is 0 Å². The van der Waals surface area contributed by atoms with Crippen molar-refractivity contribution in [3.63, 3.8) is 0 Å². The molecule has 0 saturated heterocycles. The lowest BCUT2D eigenvalue weighted by molar-refractivity contribution is 0.129. The lowest BCUT2D eigenvalue weighted by Crippen LogP contribution is -2.52. The van der Waals surface area contributed by atoms with Gasteiger partial charge < -0.3 is 15.0 Å². The highest BCUT2D eigenvalue weighted by atomic mass is 16.3. The van der Waals surface area contributed by atoms with Crippen LogP contribution >= 0.6 is 0 Å². The predicted octanol–water partition coefficient (Wildman–Crippen LogP) is 1.37. The van der Waals surface area contributed by atoms with Gasteiger partial charge in [0.05, 0.1) is 12.1 Å². The molecule has 4 nitrogen and oxygen atoms in total. The molecule has 1 unspecified atom stereocenters. The first-order chi connectivity index (χ1) is 8.13. The molecule has 1 aliphatic rings. The van der Waals surface area contributed by atoms with Gasteiger partial charge in [0, 0.05) is 24.9 Å². The molecule has 2 rings (SSSR count). The van der Waals surface area contributed by atoms with E-state index in [1.54, 1.807) is 0 Å². The Morgan fingerprint density at radius 3 is 2.76 bits per heavy atom. The van der Waals surface area contributed by atoms with Crippen molar-refractivity contribution in [2.24, 2.45) is 5.92 Å². The highest BCUT2D eigenvalue weighted by Gasteiger charge is 2.44. The van der Waals surface area contributed by atoms with Crippen LogP contribution in [0, 0.1) is 5.92 Å². The monoisotopic (exact) mass is 237 g/mol. The van der Waals surface area contributed by atoms with Gasteiger partial charge in [-0.3, -0.25) is 0 Å². The molecule has 17 heavy (non-hydrogen) atoms. The molecule has 1 fully saturated rings. The Bertz CT molecular complexity index is 364. The Hall–Kier alpha value is -0.870. The molecule has 2 N–H and O–H groups in total. The maximum Gasteiger partial charge on any atom is 0.111 e. The highest BCUT2D eigenvalue weighted by Crippen LogP contribution is 2.40. The van der Waals surface area contributed by atoms with Gasteiger partial charge >= 0.3 is 0 Å². The number of hydrogen-bond donors (Lipinski definition) is 2. The van der Waals surface area contributed by atoms with Gasteiger partial charge in [-0.05, 0) is 25.8 Å². The first-order valence-corrected chi connectivity index (χ1v) is 6.44. The van der Waals surface area contributed by atoms with E-state index in [1.807, 2.05) is 19.4 Å². The van der Waals surface area contributed by atoms with Gasteiger partial charge in [0.25, 0.3) is 0 Å². The Kier molecular flexibility index (Phi) is 3.54. The maximum absolute atomic E-state index is 9.72. The highest BCUT2D eigenvalue weighted by molar-refractivity contribution is 5.05. The van der Waals surface area contributed by atoms with Crippen LogP contribution in [0.15, 0.2) is 12.4 Å². The van der Waals surface area contributed by atoms with Gasteiger partial charge in [-0.25, -0.2) is 4.98 Å². The van der Waals surface area contributed by atoms with E-state index < -0.39 is 0 Å². The summed E-state index contributed by atoms with van der Waals surface area (Å²) in [4.78, 5) is 4.40. The summed E-state index contributed by atoms with van der Waals surface area (Å²) >= 11 is 0. The molecule has 4 heteroatoms. The first-order valence-electron chi connectivity index (χ1n) is 6.44. The quantitative estimate of drug-likeness (QED) is 0.785. The predicted molar refractivity (Wildman–Crippen MR) is 67.9 cm³/mol. The van der Waals surface area contributed by atoms with Crippen molar-refractivity contribution in [1.29, 1.82) is 0 Å². The van der Waals surface area contributed by atoms with Crippen molar-refractivity contribution in [1.82, 2.24) is 14.9 Å². The number of aromatic nitrogens is 2. The number of rotatable bonds is 6. The van der Waals surface area contributed by atoms with E-state index in [4.69, 9.17) is 0 Å². The number of aliphatic hydroxyl groups excluding tert-OH is 1. The number of hydrogen-bond acceptors (Lipinski definition) is 3. The van der Waals surface area contributed by atoms with Gasteiger partial charge in [-0.2, -0.15) is 0 Å². The second kappa shape index (κ2) is 4.78. The summed E-state index contributed by atoms with van der Waals surface area (Å²) in [6.07, 6.45) is 6.29. The number of imidazole rings is 1. The van der Waals surface area contributed by atoms with E-state index in [0.29, 0.717) is 11.8 Å². The van der Waals surface area contributed by atoms with Crippen molar-refractivity contribution in [2.45, 2.75) is 44.7 Å². The van der Waals surface area contributed by atoms with Gasteiger partial charge in [-0.15, -0.1) is 0 Å². The van der Waals surface area contributed by atoms with Crippen molar-refractivity contribution < 1.29 is 5.11 Å². The van der Waals surface area contributed by atoms with Crippen LogP contribution in [0.25, 0.3) is 0 Å². The van der Waals surface area contributed by atoms with E-state index in [2.05, 4.69) is 28.7 Å². The Morgan fingerprint density at radius 1 is 1.59 bits per heavy atom. The molecule has 0 spiro atoms. The van der Waals surface area contributed by atoms with E-state index in [-0.39, 0.29) is 12.1 Å². The SMILES string of the molecule is CNC(CO)(Cn1ccnc1C(C)C)C1CC1. The van der Waals surface area contributed by atoms with Gasteiger partial charge in [0.15, 0.2) is 0 Å². The number of likely N-dealkylation sites (N-methyl/N-ethyl adjacent to an activating group) is 1. The van der Waals surface area contributed by atoms with Gasteiger partial charge in [-0.1, -0.05) is 13.8 Å². The minimum atomic E-state index is -0.176. The molecule has 1 atom stereocenters. The largest absolute Gasteiger partial charge is 0.394 e. The first kappa shape index (κ1) is 12.6. The van der Waals surface area contributed by atoms with E-state index in [1.165, 1.54) is 12.8 Å². The number of nitrogens with zero attached hydrogens (tertiary/aromatic N) is 2. The van der Waals surface area contributed by atoms with Crippen molar-refractivity contribution >= 4 is 0 Å². The topological polar surface area (TPSA) is 50.1 Å². The second-order valence-electron chi connectivity index (χ2n) is 5.41. The Balaban J connectivity index is 2.19. The molecule has 0 aliphatic heterocycles. The third-order valence-electron chi connectivity index (χ3n) is 3.86. The summed E-state index contributed by atoms with van der Waals surface area (Å²) in [6, 6.07) is 0. The summed E-state index contributed by atoms with van der Waals surface area (Å²) in [5.41, 5.74) is -0.176. The lowest BCUT2D eigenvalue weighted by Gasteiger charge is -2.33. The number of nitrogens with one attached hydrogen (secondary N) is 1. The van der Waals surface area contributed by atoms with E-state index in [0.717, 1.165) is 12.4 Å². The average molecular weight is 237 g/mol. The fraction of sp³-hybridized carbons (Fsp3) is 0.769. The summed E-state index contributed by atoms with van der Waals surface area (Å²) in [5.74, 6) is 2.11. The van der Waals surface area contributed by atoms with E-state index in [9.17, 15) is 5.11 Å². The van der Waals surface area contributed by atoms with Crippen LogP contribution < -0.4 is 5.32 Å². The molecular formula is C13H23N3O. The molecule has 96 valence electrons. The second-order valence-corrected chi connectivity index (χ2v) is 5.41. The van der Waals surface area contributed by atoms with Crippen LogP contribution in [0.4, 0.5) is 0 Å². The van der Waals surface area contributed by atoms with Crippen molar-refractivity contribution in [2.75, 3.05) is 13.7 Å². The van der Waals surface area contributed by atoms with Crippen molar-refractivity contribution in [3.05, 3.63) is 18.2 Å². The molecule has 1 heterocycles. The summed E-state index contributed by atoms with van der Waals surface area (Å²) in [7, 11) is 1.94. The molecule has 1 aliphatic carbocycles. The molecule has 0 amide bonds. The van der Waals surface area contributed by atoms with E-state index >= 15 is 0 Å². The third-order valence-corrected chi connectivity index (χ3v) is 3.86. The molecule has 1 aromatic rings. The smallest absolute Gasteiger partial charge is 0.111 e. The van der Waals surface area contributed by atoms with Gasteiger partial charge in [0.1, 0.15) is 5.82 Å². The maximum atomic E-state index is 9.72. The summed E-state index contributed by atoms with van der Waals surface area (Å²) in [5, 5.41) is 13.1. The normalized spacial score (nSPS) is 19.6. The molecule has 0 radical (unpaired) electrons. The molecule has 0 aromatic carbocycles. The number of aliphatic hydroxyl groups is 1. The molecule has 0 bridgehead atoms. The zero-order valence-electron chi connectivity index (χ0n) is 11.0. The van der Waals surface area contributed by atoms with Crippen LogP contribution in [-0.2, 0) is 6.54 Å². The third kappa shape index (κ3) is 2.38. The summed E-state index contributed by atoms with van der Waals surface area (Å²) < 4.78 is 2.18. The fourth-order valence-electron chi connectivity index (χ4n) is 2.57. The minimum absolute atomic E-state index is 0.176. The zero-order valence-corrected chi connectivity index (χ0v) is 11.0. The summed E-state index contributed by atoms with van der Waals surface area (Å²) in [6.45, 7) is 5.29. The minimum Gasteiger partial charge on any atom is -0.394 e. The Morgan fingerprint density at radius 2 is 2.29 bits per heavy atom. The lowest BCUT2D eigenvalue weighted by atomic mass is 9.94. The standard InChI is InChI=1S/C13H23N3O/c1-10(2)12-15-6-7-16(12)8-13(9-17,14-3)11-4-5-11/h6-7,10-11,14,17H,4-5,8-9H2,1-3H3. The van der Waals surface area contributed by atoms with Crippen LogP contribution in [0.5, 0.6) is 0 Å². The van der Waals surface area contributed by atoms with Crippen LogP contribution in [-0.4, -0.2) is 33.9 Å². The van der Waals surface area contributed by atoms with Crippen LogP contribution in [0.3, 0.4) is 0 Å². The molecular weight excluding hydrogens is 214 g/mol.